The van der Waals surface area contributed by atoms with Crippen LogP contribution in [0.15, 0.2) is 101 Å². The molecule has 190 valence electrons. The molecule has 1 amide bonds. The fourth-order valence-corrected chi connectivity index (χ4v) is 6.09. The first kappa shape index (κ1) is 26.4. The molecule has 0 spiro atoms. The van der Waals surface area contributed by atoms with Crippen LogP contribution in [0.5, 0.6) is 0 Å². The van der Waals surface area contributed by atoms with Gasteiger partial charge >= 0.3 is 5.97 Å². The van der Waals surface area contributed by atoms with Gasteiger partial charge in [0.2, 0.25) is 0 Å². The van der Waals surface area contributed by atoms with Gasteiger partial charge in [-0.3, -0.25) is 9.52 Å². The maximum Gasteiger partial charge on any atom is 0.340 e. The van der Waals surface area contributed by atoms with Crippen molar-refractivity contribution in [3.05, 3.63) is 118 Å². The van der Waals surface area contributed by atoms with E-state index in [0.29, 0.717) is 17.4 Å². The molecule has 3 aromatic carbocycles. The van der Waals surface area contributed by atoms with Crippen LogP contribution in [0, 0.1) is 0 Å². The smallest absolute Gasteiger partial charge is 0.340 e. The van der Waals surface area contributed by atoms with E-state index in [2.05, 4.69) is 4.72 Å². The first-order valence-corrected chi connectivity index (χ1v) is 13.9. The quantitative estimate of drug-likeness (QED) is 0.258. The van der Waals surface area contributed by atoms with E-state index < -0.39 is 22.6 Å². The van der Waals surface area contributed by atoms with E-state index in [9.17, 15) is 18.0 Å². The minimum absolute atomic E-state index is 0.00770. The van der Waals surface area contributed by atoms with Crippen LogP contribution in [0.4, 0.5) is 5.69 Å². The molecule has 37 heavy (non-hydrogen) atoms. The van der Waals surface area contributed by atoms with E-state index in [1.54, 1.807) is 17.0 Å². The zero-order valence-corrected chi connectivity index (χ0v) is 21.9. The highest BCUT2D eigenvalue weighted by atomic mass is 35.5. The van der Waals surface area contributed by atoms with Crippen molar-refractivity contribution in [2.75, 3.05) is 11.3 Å². The van der Waals surface area contributed by atoms with Crippen molar-refractivity contribution >= 4 is 50.5 Å². The number of para-hydroxylation sites is 1. The van der Waals surface area contributed by atoms with Gasteiger partial charge in [0, 0.05) is 13.1 Å². The minimum Gasteiger partial charge on any atom is -0.452 e. The SMILES string of the molecule is O=C(OCC(=O)N(Cc1ccccc1)Cc1ccccc1)c1ccccc1NS(=O)(=O)c1ccc(Cl)s1. The number of hydrogen-bond donors (Lipinski definition) is 1. The molecule has 1 N–H and O–H groups in total. The van der Waals surface area contributed by atoms with E-state index in [1.165, 1.54) is 24.3 Å². The maximum absolute atomic E-state index is 13.1. The lowest BCUT2D eigenvalue weighted by atomic mass is 10.1. The van der Waals surface area contributed by atoms with Crippen molar-refractivity contribution in [3.63, 3.8) is 0 Å². The zero-order valence-electron chi connectivity index (χ0n) is 19.5. The van der Waals surface area contributed by atoms with Crippen LogP contribution in [0.1, 0.15) is 21.5 Å². The molecule has 4 rings (SSSR count). The summed E-state index contributed by atoms with van der Waals surface area (Å²) in [5.74, 6) is -1.21. The Labute approximate surface area is 224 Å². The highest BCUT2D eigenvalue weighted by Gasteiger charge is 2.22. The Balaban J connectivity index is 1.46. The summed E-state index contributed by atoms with van der Waals surface area (Å²) in [6, 6.07) is 27.9. The number of nitrogens with zero attached hydrogens (tertiary/aromatic N) is 1. The normalized spacial score (nSPS) is 11.1. The van der Waals surface area contributed by atoms with Gasteiger partial charge in [0.15, 0.2) is 6.61 Å². The first-order valence-electron chi connectivity index (χ1n) is 11.2. The second kappa shape index (κ2) is 12.1. The van der Waals surface area contributed by atoms with Gasteiger partial charge < -0.3 is 9.64 Å². The molecule has 0 atom stereocenters. The molecule has 0 unspecified atom stereocenters. The number of thiophene rings is 1. The number of rotatable bonds is 10. The summed E-state index contributed by atoms with van der Waals surface area (Å²) in [7, 11) is -3.96. The Bertz CT molecular complexity index is 1430. The van der Waals surface area contributed by atoms with Crippen molar-refractivity contribution in [3.8, 4) is 0 Å². The molecule has 0 saturated carbocycles. The Morgan fingerprint density at radius 3 is 1.95 bits per heavy atom. The largest absolute Gasteiger partial charge is 0.452 e. The molecular weight excluding hydrogens is 532 g/mol. The van der Waals surface area contributed by atoms with E-state index in [1.807, 2.05) is 60.7 Å². The number of nitrogens with one attached hydrogen (secondary N) is 1. The first-order chi connectivity index (χ1) is 17.8. The molecule has 0 aliphatic heterocycles. The van der Waals surface area contributed by atoms with E-state index in [0.717, 1.165) is 22.5 Å². The third kappa shape index (κ3) is 7.19. The molecule has 0 saturated heterocycles. The van der Waals surface area contributed by atoms with Crippen LogP contribution in [-0.4, -0.2) is 31.8 Å². The topological polar surface area (TPSA) is 92.8 Å². The predicted molar refractivity (Wildman–Crippen MR) is 144 cm³/mol. The van der Waals surface area contributed by atoms with Gasteiger partial charge in [-0.25, -0.2) is 13.2 Å². The van der Waals surface area contributed by atoms with Gasteiger partial charge in [-0.05, 0) is 35.4 Å². The number of benzene rings is 3. The number of amides is 1. The monoisotopic (exact) mass is 554 g/mol. The highest BCUT2D eigenvalue weighted by Crippen LogP contribution is 2.28. The molecule has 1 aromatic heterocycles. The third-order valence-corrected chi connectivity index (χ3v) is 8.41. The Hall–Kier alpha value is -3.66. The van der Waals surface area contributed by atoms with Crippen LogP contribution < -0.4 is 4.72 Å². The van der Waals surface area contributed by atoms with Gasteiger partial charge in [0.25, 0.3) is 15.9 Å². The summed E-state index contributed by atoms with van der Waals surface area (Å²) in [5, 5.41) is 0. The Kier molecular flexibility index (Phi) is 8.60. The van der Waals surface area contributed by atoms with Crippen LogP contribution in [0.25, 0.3) is 0 Å². The van der Waals surface area contributed by atoms with Crippen LogP contribution in [-0.2, 0) is 32.6 Å². The highest BCUT2D eigenvalue weighted by molar-refractivity contribution is 7.94. The molecule has 1 heterocycles. The van der Waals surface area contributed by atoms with Crippen LogP contribution in [0.2, 0.25) is 4.34 Å². The van der Waals surface area contributed by atoms with Gasteiger partial charge in [0.05, 0.1) is 15.6 Å². The number of carbonyl (C=O) groups is 2. The number of esters is 1. The summed E-state index contributed by atoms with van der Waals surface area (Å²) in [6.45, 7) is 0.178. The fourth-order valence-electron chi connectivity index (χ4n) is 3.52. The minimum atomic E-state index is -3.96. The van der Waals surface area contributed by atoms with Gasteiger partial charge in [-0.2, -0.15) is 0 Å². The van der Waals surface area contributed by atoms with Crippen molar-refractivity contribution in [2.45, 2.75) is 17.3 Å². The number of anilines is 1. The average molecular weight is 555 g/mol. The van der Waals surface area contributed by atoms with Crippen molar-refractivity contribution in [1.82, 2.24) is 4.90 Å². The fraction of sp³-hybridized carbons (Fsp3) is 0.111. The third-order valence-electron chi connectivity index (χ3n) is 5.32. The summed E-state index contributed by atoms with van der Waals surface area (Å²) >= 11 is 6.76. The predicted octanol–water partition coefficient (Wildman–Crippen LogP) is 5.59. The van der Waals surface area contributed by atoms with E-state index >= 15 is 0 Å². The second-order valence-corrected chi connectivity index (χ2v) is 11.6. The molecular formula is C27H23ClN2O5S2. The van der Waals surface area contributed by atoms with Crippen molar-refractivity contribution in [1.29, 1.82) is 0 Å². The van der Waals surface area contributed by atoms with Gasteiger partial charge in [0.1, 0.15) is 4.21 Å². The molecule has 0 fully saturated rings. The molecule has 10 heteroatoms. The molecule has 7 nitrogen and oxygen atoms in total. The molecule has 0 radical (unpaired) electrons. The second-order valence-electron chi connectivity index (χ2n) is 8.01. The summed E-state index contributed by atoms with van der Waals surface area (Å²) < 4.78 is 33.5. The van der Waals surface area contributed by atoms with Crippen molar-refractivity contribution < 1.29 is 22.7 Å². The standard InChI is InChI=1S/C27H23ClN2O5S2/c28-24-15-16-26(36-24)37(33,34)29-23-14-8-7-13-22(23)27(32)35-19-25(31)30(17-20-9-3-1-4-10-20)18-21-11-5-2-6-12-21/h1-16,29H,17-19H2. The summed E-state index contributed by atoms with van der Waals surface area (Å²) in [4.78, 5) is 27.6. The summed E-state index contributed by atoms with van der Waals surface area (Å²) in [6.07, 6.45) is 0. The lowest BCUT2D eigenvalue weighted by Crippen LogP contribution is -2.34. The van der Waals surface area contributed by atoms with E-state index in [-0.39, 0.29) is 21.4 Å². The average Bonchev–Trinajstić information content (AvgIpc) is 3.35. The number of halogens is 1. The maximum atomic E-state index is 13.1. The Morgan fingerprint density at radius 1 is 0.811 bits per heavy atom. The number of hydrogen-bond acceptors (Lipinski definition) is 6. The van der Waals surface area contributed by atoms with Crippen molar-refractivity contribution in [2.24, 2.45) is 0 Å². The van der Waals surface area contributed by atoms with Crippen LogP contribution in [0.3, 0.4) is 0 Å². The van der Waals surface area contributed by atoms with E-state index in [4.69, 9.17) is 16.3 Å². The number of ether oxygens (including phenoxy) is 1. The number of carbonyl (C=O) groups excluding carboxylic acids is 2. The summed E-state index contributed by atoms with van der Waals surface area (Å²) in [5.41, 5.74) is 1.90. The lowest BCUT2D eigenvalue weighted by molar-refractivity contribution is -0.135. The lowest BCUT2D eigenvalue weighted by Gasteiger charge is -2.23. The molecule has 0 bridgehead atoms. The number of sulfonamides is 1. The van der Waals surface area contributed by atoms with Gasteiger partial charge in [-0.1, -0.05) is 84.4 Å². The molecule has 4 aromatic rings. The Morgan fingerprint density at radius 2 is 1.38 bits per heavy atom. The molecule has 0 aliphatic rings. The van der Waals surface area contributed by atoms with Gasteiger partial charge in [-0.15, -0.1) is 11.3 Å². The van der Waals surface area contributed by atoms with Crippen LogP contribution >= 0.6 is 22.9 Å². The molecule has 0 aliphatic carbocycles. The zero-order chi connectivity index (χ0) is 26.3.